The fraction of sp³-hybridized carbons (Fsp3) is 0.0952. The minimum absolute atomic E-state index is 0.0164. The van der Waals surface area contributed by atoms with Crippen LogP contribution in [0.4, 0.5) is 5.69 Å². The lowest BCUT2D eigenvalue weighted by Gasteiger charge is -2.22. The molecule has 3 rings (SSSR count). The summed E-state index contributed by atoms with van der Waals surface area (Å²) in [5.74, 6) is -0.465. The van der Waals surface area contributed by atoms with Crippen molar-refractivity contribution in [2.75, 3.05) is 11.9 Å². The molecule has 0 bridgehead atoms. The Bertz CT molecular complexity index is 1150. The van der Waals surface area contributed by atoms with E-state index in [1.807, 2.05) is 6.07 Å². The van der Waals surface area contributed by atoms with Crippen molar-refractivity contribution < 1.29 is 13.2 Å². The second kappa shape index (κ2) is 9.94. The predicted octanol–water partition coefficient (Wildman–Crippen LogP) is 5.59. The van der Waals surface area contributed by atoms with E-state index in [4.69, 9.17) is 23.2 Å². The van der Waals surface area contributed by atoms with Gasteiger partial charge >= 0.3 is 0 Å². The van der Waals surface area contributed by atoms with E-state index in [0.29, 0.717) is 21.3 Å². The van der Waals surface area contributed by atoms with Crippen molar-refractivity contribution in [1.29, 1.82) is 0 Å². The van der Waals surface area contributed by atoms with E-state index in [1.54, 1.807) is 42.5 Å². The van der Waals surface area contributed by atoms with Crippen LogP contribution in [0.2, 0.25) is 10.0 Å². The summed E-state index contributed by atoms with van der Waals surface area (Å²) < 4.78 is 28.4. The highest BCUT2D eigenvalue weighted by Crippen LogP contribution is 2.22. The second-order valence-corrected chi connectivity index (χ2v) is 10.1. The van der Waals surface area contributed by atoms with Crippen LogP contribution in [0.3, 0.4) is 0 Å². The number of hydrogen-bond acceptors (Lipinski definition) is 3. The van der Waals surface area contributed by atoms with Crippen molar-refractivity contribution in [3.05, 3.63) is 92.9 Å². The van der Waals surface area contributed by atoms with Gasteiger partial charge in [0.05, 0.1) is 11.4 Å². The Kier molecular flexibility index (Phi) is 7.55. The number of hydrogen-bond donors (Lipinski definition) is 1. The summed E-state index contributed by atoms with van der Waals surface area (Å²) >= 11 is 15.3. The SMILES string of the molecule is O=C(CN(Cc1cccc(Cl)c1)S(=O)(=O)c1ccc(Cl)cc1)Nc1cccc(Br)c1. The lowest BCUT2D eigenvalue weighted by atomic mass is 10.2. The van der Waals surface area contributed by atoms with E-state index in [-0.39, 0.29) is 18.0 Å². The molecule has 0 aliphatic rings. The summed E-state index contributed by atoms with van der Waals surface area (Å²) in [5.41, 5.74) is 1.22. The highest BCUT2D eigenvalue weighted by molar-refractivity contribution is 9.10. The fourth-order valence-electron chi connectivity index (χ4n) is 2.75. The maximum Gasteiger partial charge on any atom is 0.243 e. The number of carbonyl (C=O) groups is 1. The number of benzene rings is 3. The van der Waals surface area contributed by atoms with Crippen LogP contribution in [0.25, 0.3) is 0 Å². The van der Waals surface area contributed by atoms with Crippen LogP contribution >= 0.6 is 39.1 Å². The molecular formula is C21H17BrCl2N2O3S. The first kappa shape index (κ1) is 22.8. The highest BCUT2D eigenvalue weighted by Gasteiger charge is 2.27. The summed E-state index contributed by atoms with van der Waals surface area (Å²) in [6.45, 7) is -0.387. The number of carbonyl (C=O) groups excluding carboxylic acids is 1. The first-order valence-corrected chi connectivity index (χ1v) is 11.8. The summed E-state index contributed by atoms with van der Waals surface area (Å²) in [6, 6.07) is 19.7. The molecule has 0 saturated heterocycles. The Hall–Kier alpha value is -1.90. The van der Waals surface area contributed by atoms with E-state index >= 15 is 0 Å². The van der Waals surface area contributed by atoms with Crippen molar-refractivity contribution in [3.63, 3.8) is 0 Å². The van der Waals surface area contributed by atoms with Gasteiger partial charge in [0.2, 0.25) is 15.9 Å². The lowest BCUT2D eigenvalue weighted by molar-refractivity contribution is -0.116. The molecule has 9 heteroatoms. The number of halogens is 3. The minimum Gasteiger partial charge on any atom is -0.325 e. The molecule has 0 aliphatic heterocycles. The molecule has 3 aromatic rings. The van der Waals surface area contributed by atoms with Crippen molar-refractivity contribution in [2.24, 2.45) is 0 Å². The lowest BCUT2D eigenvalue weighted by Crippen LogP contribution is -2.37. The van der Waals surface area contributed by atoms with E-state index in [2.05, 4.69) is 21.2 Å². The van der Waals surface area contributed by atoms with Gasteiger partial charge in [-0.05, 0) is 60.2 Å². The summed E-state index contributed by atoms with van der Waals surface area (Å²) in [6.07, 6.45) is 0. The Balaban J connectivity index is 1.88. The molecule has 0 aromatic heterocycles. The van der Waals surface area contributed by atoms with Gasteiger partial charge < -0.3 is 5.32 Å². The number of sulfonamides is 1. The van der Waals surface area contributed by atoms with Gasteiger partial charge in [-0.3, -0.25) is 4.79 Å². The van der Waals surface area contributed by atoms with Crippen LogP contribution in [-0.4, -0.2) is 25.2 Å². The first-order valence-electron chi connectivity index (χ1n) is 8.79. The molecule has 0 fully saturated rings. The van der Waals surface area contributed by atoms with E-state index in [9.17, 15) is 13.2 Å². The van der Waals surface area contributed by atoms with Gasteiger partial charge in [-0.1, -0.05) is 57.3 Å². The summed E-state index contributed by atoms with van der Waals surface area (Å²) in [5, 5.41) is 3.62. The highest BCUT2D eigenvalue weighted by atomic mass is 79.9. The van der Waals surface area contributed by atoms with Crippen molar-refractivity contribution in [1.82, 2.24) is 4.31 Å². The quantitative estimate of drug-likeness (QED) is 0.435. The molecule has 5 nitrogen and oxygen atoms in total. The fourth-order valence-corrected chi connectivity index (χ4v) is 4.87. The number of nitrogens with one attached hydrogen (secondary N) is 1. The van der Waals surface area contributed by atoms with Gasteiger partial charge in [-0.15, -0.1) is 0 Å². The first-order chi connectivity index (χ1) is 14.2. The molecule has 30 heavy (non-hydrogen) atoms. The van der Waals surface area contributed by atoms with Gasteiger partial charge in [-0.25, -0.2) is 8.42 Å². The van der Waals surface area contributed by atoms with Gasteiger partial charge in [0, 0.05) is 26.8 Å². The molecule has 0 spiro atoms. The number of amides is 1. The Labute approximate surface area is 193 Å². The molecule has 0 atom stereocenters. The van der Waals surface area contributed by atoms with Crippen LogP contribution in [0.1, 0.15) is 5.56 Å². The van der Waals surface area contributed by atoms with Crippen molar-refractivity contribution >= 4 is 60.7 Å². The van der Waals surface area contributed by atoms with E-state index in [0.717, 1.165) is 8.78 Å². The third kappa shape index (κ3) is 6.06. The van der Waals surface area contributed by atoms with Crippen LogP contribution in [0.5, 0.6) is 0 Å². The molecule has 1 amide bonds. The molecule has 1 N–H and O–H groups in total. The van der Waals surface area contributed by atoms with Gasteiger partial charge in [-0.2, -0.15) is 4.31 Å². The minimum atomic E-state index is -3.96. The van der Waals surface area contributed by atoms with Crippen LogP contribution < -0.4 is 5.32 Å². The van der Waals surface area contributed by atoms with Crippen molar-refractivity contribution in [2.45, 2.75) is 11.4 Å². The smallest absolute Gasteiger partial charge is 0.243 e. The average molecular weight is 528 g/mol. The molecule has 0 radical (unpaired) electrons. The topological polar surface area (TPSA) is 66.5 Å². The zero-order chi connectivity index (χ0) is 21.7. The maximum absolute atomic E-state index is 13.2. The van der Waals surface area contributed by atoms with E-state index < -0.39 is 15.9 Å². The summed E-state index contributed by atoms with van der Waals surface area (Å²) in [7, 11) is -3.96. The zero-order valence-electron chi connectivity index (χ0n) is 15.6. The van der Waals surface area contributed by atoms with Gasteiger partial charge in [0.1, 0.15) is 0 Å². The largest absolute Gasteiger partial charge is 0.325 e. The Morgan fingerprint density at radius 3 is 2.30 bits per heavy atom. The normalized spacial score (nSPS) is 11.5. The Morgan fingerprint density at radius 2 is 1.63 bits per heavy atom. The molecular weight excluding hydrogens is 511 g/mol. The zero-order valence-corrected chi connectivity index (χ0v) is 19.5. The molecule has 0 aliphatic carbocycles. The predicted molar refractivity (Wildman–Crippen MR) is 123 cm³/mol. The summed E-state index contributed by atoms with van der Waals surface area (Å²) in [4.78, 5) is 12.7. The third-order valence-corrected chi connectivity index (χ3v) is 6.91. The monoisotopic (exact) mass is 526 g/mol. The maximum atomic E-state index is 13.2. The molecule has 0 heterocycles. The van der Waals surface area contributed by atoms with Gasteiger partial charge in [0.25, 0.3) is 0 Å². The number of anilines is 1. The third-order valence-electron chi connectivity index (χ3n) is 4.13. The van der Waals surface area contributed by atoms with Crippen LogP contribution in [-0.2, 0) is 21.4 Å². The molecule has 0 unspecified atom stereocenters. The van der Waals surface area contributed by atoms with Crippen LogP contribution in [0, 0.1) is 0 Å². The Morgan fingerprint density at radius 1 is 0.933 bits per heavy atom. The standard InChI is InChI=1S/C21H17BrCl2N2O3S/c22-16-4-2-6-19(12-16)25-21(27)14-26(13-15-3-1-5-18(24)11-15)30(28,29)20-9-7-17(23)8-10-20/h1-12H,13-14H2,(H,25,27). The second-order valence-electron chi connectivity index (χ2n) is 6.42. The van der Waals surface area contributed by atoms with Gasteiger partial charge in [0.15, 0.2) is 0 Å². The number of rotatable bonds is 7. The molecule has 3 aromatic carbocycles. The average Bonchev–Trinajstić information content (AvgIpc) is 2.68. The number of nitrogens with zero attached hydrogens (tertiary/aromatic N) is 1. The van der Waals surface area contributed by atoms with Crippen LogP contribution in [0.15, 0.2) is 82.2 Å². The van der Waals surface area contributed by atoms with Crippen molar-refractivity contribution in [3.8, 4) is 0 Å². The van der Waals surface area contributed by atoms with E-state index in [1.165, 1.54) is 24.3 Å². The molecule has 0 saturated carbocycles. The molecule has 156 valence electrons.